The van der Waals surface area contributed by atoms with E-state index in [2.05, 4.69) is 18.8 Å². The second kappa shape index (κ2) is 6.84. The average Bonchev–Trinajstić information content (AvgIpc) is 2.29. The topological polar surface area (TPSA) is 17.1 Å². The molecular formula is C14H16O. The fourth-order valence-electron chi connectivity index (χ4n) is 1.33. The molecule has 0 N–H and O–H groups in total. The number of hydrogen-bond acceptors (Lipinski definition) is 1. The summed E-state index contributed by atoms with van der Waals surface area (Å²) >= 11 is 0. The van der Waals surface area contributed by atoms with E-state index in [9.17, 15) is 4.79 Å². The Morgan fingerprint density at radius 1 is 1.27 bits per heavy atom. The predicted octanol–water partition coefficient (Wildman–Crippen LogP) is 3.43. The first kappa shape index (κ1) is 11.5. The van der Waals surface area contributed by atoms with Crippen LogP contribution in [0.4, 0.5) is 0 Å². The quantitative estimate of drug-likeness (QED) is 0.413. The molecule has 0 spiro atoms. The van der Waals surface area contributed by atoms with Crippen molar-refractivity contribution >= 4 is 6.29 Å². The van der Waals surface area contributed by atoms with Crippen molar-refractivity contribution in [3.05, 3.63) is 35.4 Å². The highest BCUT2D eigenvalue weighted by Crippen LogP contribution is 2.04. The zero-order chi connectivity index (χ0) is 10.9. The molecule has 0 saturated heterocycles. The molecule has 0 radical (unpaired) electrons. The second-order valence-electron chi connectivity index (χ2n) is 3.46. The van der Waals surface area contributed by atoms with Gasteiger partial charge >= 0.3 is 0 Å². The monoisotopic (exact) mass is 200 g/mol. The largest absolute Gasteiger partial charge is 0.298 e. The molecule has 15 heavy (non-hydrogen) atoms. The molecule has 0 heterocycles. The standard InChI is InChI=1S/C14H16O/c1-2-3-4-5-6-9-13-10-7-8-11-14(13)12-15/h7-8,10-12H,2-5H2,1H3. The molecule has 0 saturated carbocycles. The minimum atomic E-state index is 0.681. The summed E-state index contributed by atoms with van der Waals surface area (Å²) < 4.78 is 0. The molecule has 0 aromatic heterocycles. The van der Waals surface area contributed by atoms with Crippen molar-refractivity contribution in [2.24, 2.45) is 0 Å². The van der Waals surface area contributed by atoms with E-state index < -0.39 is 0 Å². The van der Waals surface area contributed by atoms with Gasteiger partial charge in [-0.25, -0.2) is 0 Å². The van der Waals surface area contributed by atoms with Gasteiger partial charge in [-0.2, -0.15) is 0 Å². The van der Waals surface area contributed by atoms with E-state index in [1.54, 1.807) is 6.07 Å². The lowest BCUT2D eigenvalue weighted by Crippen LogP contribution is -1.85. The molecule has 1 nitrogen and oxygen atoms in total. The van der Waals surface area contributed by atoms with E-state index in [4.69, 9.17) is 0 Å². The van der Waals surface area contributed by atoms with Gasteiger partial charge in [0.25, 0.3) is 0 Å². The summed E-state index contributed by atoms with van der Waals surface area (Å²) in [7, 11) is 0. The predicted molar refractivity (Wildman–Crippen MR) is 62.8 cm³/mol. The Morgan fingerprint density at radius 2 is 2.07 bits per heavy atom. The van der Waals surface area contributed by atoms with Gasteiger partial charge in [-0.15, -0.1) is 0 Å². The number of aldehydes is 1. The first-order chi connectivity index (χ1) is 7.38. The zero-order valence-electron chi connectivity index (χ0n) is 9.12. The van der Waals surface area contributed by atoms with Gasteiger partial charge in [0.2, 0.25) is 0 Å². The molecule has 0 aliphatic carbocycles. The van der Waals surface area contributed by atoms with E-state index >= 15 is 0 Å². The molecule has 1 heteroatoms. The molecule has 78 valence electrons. The summed E-state index contributed by atoms with van der Waals surface area (Å²) in [6.45, 7) is 2.18. The Labute approximate surface area is 91.5 Å². The van der Waals surface area contributed by atoms with Gasteiger partial charge in [0, 0.05) is 17.5 Å². The molecule has 0 atom stereocenters. The molecule has 1 rings (SSSR count). The van der Waals surface area contributed by atoms with E-state index in [0.717, 1.165) is 24.7 Å². The van der Waals surface area contributed by atoms with Crippen LogP contribution in [0.2, 0.25) is 0 Å². The summed E-state index contributed by atoms with van der Waals surface area (Å²) in [5.41, 5.74) is 1.52. The molecule has 0 amide bonds. The van der Waals surface area contributed by atoms with E-state index in [-0.39, 0.29) is 0 Å². The van der Waals surface area contributed by atoms with Crippen molar-refractivity contribution in [2.75, 3.05) is 0 Å². The number of rotatable bonds is 4. The smallest absolute Gasteiger partial charge is 0.151 e. The van der Waals surface area contributed by atoms with Crippen molar-refractivity contribution < 1.29 is 4.79 Å². The van der Waals surface area contributed by atoms with E-state index in [1.165, 1.54) is 12.8 Å². The highest BCUT2D eigenvalue weighted by atomic mass is 16.1. The Bertz CT molecular complexity index is 368. The Balaban J connectivity index is 2.59. The summed E-state index contributed by atoms with van der Waals surface area (Å²) in [5.74, 6) is 6.14. The van der Waals surface area contributed by atoms with Gasteiger partial charge in [0.05, 0.1) is 0 Å². The van der Waals surface area contributed by atoms with Crippen molar-refractivity contribution in [1.29, 1.82) is 0 Å². The summed E-state index contributed by atoms with van der Waals surface area (Å²) in [6, 6.07) is 7.44. The lowest BCUT2D eigenvalue weighted by Gasteiger charge is -1.94. The van der Waals surface area contributed by atoms with Crippen molar-refractivity contribution in [1.82, 2.24) is 0 Å². The molecule has 0 unspecified atom stereocenters. The lowest BCUT2D eigenvalue weighted by molar-refractivity contribution is 0.112. The van der Waals surface area contributed by atoms with Gasteiger partial charge in [-0.3, -0.25) is 4.79 Å². The minimum Gasteiger partial charge on any atom is -0.298 e. The third-order valence-corrected chi connectivity index (χ3v) is 2.22. The van der Waals surface area contributed by atoms with Gasteiger partial charge in [-0.1, -0.05) is 49.8 Å². The second-order valence-corrected chi connectivity index (χ2v) is 3.46. The first-order valence-electron chi connectivity index (χ1n) is 5.41. The van der Waals surface area contributed by atoms with Crippen molar-refractivity contribution in [2.45, 2.75) is 32.6 Å². The first-order valence-corrected chi connectivity index (χ1v) is 5.41. The SMILES string of the molecule is CCCCCC#Cc1ccccc1C=O. The zero-order valence-corrected chi connectivity index (χ0v) is 9.12. The maximum atomic E-state index is 10.7. The van der Waals surface area contributed by atoms with E-state index in [1.807, 2.05) is 18.2 Å². The number of unbranched alkanes of at least 4 members (excludes halogenated alkanes) is 3. The third-order valence-electron chi connectivity index (χ3n) is 2.22. The van der Waals surface area contributed by atoms with Crippen molar-refractivity contribution in [3.8, 4) is 11.8 Å². The number of carbonyl (C=O) groups is 1. The molecule has 1 aromatic carbocycles. The summed E-state index contributed by atoms with van der Waals surface area (Å²) in [4.78, 5) is 10.7. The van der Waals surface area contributed by atoms with Crippen LogP contribution in [0, 0.1) is 11.8 Å². The fraction of sp³-hybridized carbons (Fsp3) is 0.357. The molecular weight excluding hydrogens is 184 g/mol. The highest BCUT2D eigenvalue weighted by Gasteiger charge is 1.94. The maximum Gasteiger partial charge on any atom is 0.151 e. The molecule has 0 aliphatic rings. The van der Waals surface area contributed by atoms with Crippen LogP contribution in [0.15, 0.2) is 24.3 Å². The van der Waals surface area contributed by atoms with Gasteiger partial charge < -0.3 is 0 Å². The molecule has 0 bridgehead atoms. The average molecular weight is 200 g/mol. The maximum absolute atomic E-state index is 10.7. The van der Waals surface area contributed by atoms with Crippen molar-refractivity contribution in [3.63, 3.8) is 0 Å². The Hall–Kier alpha value is -1.55. The van der Waals surface area contributed by atoms with Crippen LogP contribution >= 0.6 is 0 Å². The van der Waals surface area contributed by atoms with Crippen LogP contribution in [-0.4, -0.2) is 6.29 Å². The summed E-state index contributed by atoms with van der Waals surface area (Å²) in [5, 5.41) is 0. The fourth-order valence-corrected chi connectivity index (χ4v) is 1.33. The van der Waals surface area contributed by atoms with Crippen LogP contribution in [0.5, 0.6) is 0 Å². The summed E-state index contributed by atoms with van der Waals surface area (Å²) in [6.07, 6.45) is 5.36. The highest BCUT2D eigenvalue weighted by molar-refractivity contribution is 5.79. The Kier molecular flexibility index (Phi) is 5.25. The minimum absolute atomic E-state index is 0.681. The van der Waals surface area contributed by atoms with Gasteiger partial charge in [0.1, 0.15) is 0 Å². The number of hydrogen-bond donors (Lipinski definition) is 0. The molecule has 0 fully saturated rings. The number of carbonyl (C=O) groups excluding carboxylic acids is 1. The van der Waals surface area contributed by atoms with Gasteiger partial charge in [-0.05, 0) is 12.5 Å². The van der Waals surface area contributed by atoms with Crippen LogP contribution in [-0.2, 0) is 0 Å². The van der Waals surface area contributed by atoms with Gasteiger partial charge in [0.15, 0.2) is 6.29 Å². The molecule has 1 aromatic rings. The lowest BCUT2D eigenvalue weighted by atomic mass is 10.1. The number of benzene rings is 1. The normalized spacial score (nSPS) is 9.13. The third kappa shape index (κ3) is 3.99. The van der Waals surface area contributed by atoms with E-state index in [0.29, 0.717) is 5.56 Å². The van der Waals surface area contributed by atoms with Crippen LogP contribution in [0.1, 0.15) is 48.5 Å². The van der Waals surface area contributed by atoms with Crippen LogP contribution in [0.3, 0.4) is 0 Å². The van der Waals surface area contributed by atoms with Crippen LogP contribution < -0.4 is 0 Å². The van der Waals surface area contributed by atoms with Crippen LogP contribution in [0.25, 0.3) is 0 Å². The Morgan fingerprint density at radius 3 is 2.80 bits per heavy atom. The molecule has 0 aliphatic heterocycles.